The molecule has 1 aromatic heterocycles. The lowest BCUT2D eigenvalue weighted by Gasteiger charge is -2.15. The van der Waals surface area contributed by atoms with Crippen molar-refractivity contribution < 1.29 is 32.2 Å². The Morgan fingerprint density at radius 3 is 2.36 bits per heavy atom. The highest BCUT2D eigenvalue weighted by atomic mass is 32.2. The molecule has 9 nitrogen and oxygen atoms in total. The Balaban J connectivity index is 2.44. The van der Waals surface area contributed by atoms with Crippen molar-refractivity contribution in [2.45, 2.75) is 25.7 Å². The number of rotatable bonds is 6. The van der Waals surface area contributed by atoms with Gasteiger partial charge in [-0.2, -0.15) is 5.10 Å². The van der Waals surface area contributed by atoms with Gasteiger partial charge >= 0.3 is 6.16 Å². The van der Waals surface area contributed by atoms with Crippen molar-refractivity contribution in [2.24, 2.45) is 7.05 Å². The number of aromatic nitrogens is 2. The van der Waals surface area contributed by atoms with E-state index in [-0.39, 0.29) is 22.1 Å². The van der Waals surface area contributed by atoms with Gasteiger partial charge in [0.05, 0.1) is 18.2 Å². The second-order valence-electron chi connectivity index (χ2n) is 6.27. The minimum Gasteiger partial charge on any atom is -0.440 e. The molecule has 0 bridgehead atoms. The Kier molecular flexibility index (Phi) is 6.13. The molecule has 1 aromatic carbocycles. The lowest BCUT2D eigenvalue weighted by atomic mass is 9.95. The highest BCUT2D eigenvalue weighted by molar-refractivity contribution is 7.90. The van der Waals surface area contributed by atoms with Crippen molar-refractivity contribution in [1.82, 2.24) is 9.78 Å². The lowest BCUT2D eigenvalue weighted by molar-refractivity contribution is 0.0115. The zero-order valence-electron chi connectivity index (χ0n) is 16.5. The van der Waals surface area contributed by atoms with Crippen molar-refractivity contribution in [3.63, 3.8) is 0 Å². The van der Waals surface area contributed by atoms with Gasteiger partial charge in [0.25, 0.3) is 0 Å². The van der Waals surface area contributed by atoms with Gasteiger partial charge in [0.15, 0.2) is 15.6 Å². The molecule has 152 valence electrons. The molecule has 0 N–H and O–H groups in total. The van der Waals surface area contributed by atoms with Crippen LogP contribution in [0.4, 0.5) is 4.79 Å². The summed E-state index contributed by atoms with van der Waals surface area (Å²) in [5.74, 6) is -0.277. The lowest BCUT2D eigenvalue weighted by Crippen LogP contribution is -2.14. The van der Waals surface area contributed by atoms with Crippen LogP contribution in [0.2, 0.25) is 0 Å². The molecule has 0 aliphatic rings. The summed E-state index contributed by atoms with van der Waals surface area (Å²) in [5.41, 5.74) is 2.05. The van der Waals surface area contributed by atoms with Gasteiger partial charge in [-0.05, 0) is 43.5 Å². The van der Waals surface area contributed by atoms with Gasteiger partial charge in [0, 0.05) is 18.9 Å². The van der Waals surface area contributed by atoms with Gasteiger partial charge in [-0.1, -0.05) is 0 Å². The maximum atomic E-state index is 13.1. The van der Waals surface area contributed by atoms with Crippen LogP contribution in [0.25, 0.3) is 0 Å². The van der Waals surface area contributed by atoms with Crippen molar-refractivity contribution in [3.8, 4) is 5.88 Å². The van der Waals surface area contributed by atoms with Crippen LogP contribution < -0.4 is 4.74 Å². The molecule has 1 heterocycles. The topological polar surface area (TPSA) is 114 Å². The molecule has 0 saturated heterocycles. The average molecular weight is 410 g/mol. The molecule has 2 aromatic rings. The molecule has 0 aliphatic heterocycles. The Morgan fingerprint density at radius 1 is 1.14 bits per heavy atom. The van der Waals surface area contributed by atoms with E-state index in [2.05, 4.69) is 14.6 Å². The Bertz CT molecular complexity index is 1040. The van der Waals surface area contributed by atoms with Gasteiger partial charge in [-0.15, -0.1) is 0 Å². The highest BCUT2D eigenvalue weighted by Crippen LogP contribution is 2.29. The van der Waals surface area contributed by atoms with Crippen LogP contribution in [0, 0.1) is 20.8 Å². The van der Waals surface area contributed by atoms with Crippen LogP contribution in [-0.4, -0.2) is 50.3 Å². The number of ether oxygens (including phenoxy) is 3. The largest absolute Gasteiger partial charge is 0.510 e. The first-order valence-corrected chi connectivity index (χ1v) is 10.1. The molecule has 0 spiro atoms. The van der Waals surface area contributed by atoms with E-state index >= 15 is 0 Å². The van der Waals surface area contributed by atoms with E-state index in [1.165, 1.54) is 10.9 Å². The second-order valence-corrected chi connectivity index (χ2v) is 8.22. The highest BCUT2D eigenvalue weighted by Gasteiger charge is 2.25. The first-order chi connectivity index (χ1) is 13.0. The average Bonchev–Trinajstić information content (AvgIpc) is 2.97. The quantitative estimate of drug-likeness (QED) is 0.404. The first kappa shape index (κ1) is 21.4. The molecule has 10 heteroatoms. The summed E-state index contributed by atoms with van der Waals surface area (Å²) in [5, 5.41) is 4.02. The molecular formula is C18H22N2O7S. The van der Waals surface area contributed by atoms with Crippen LogP contribution in [0.15, 0.2) is 17.2 Å². The van der Waals surface area contributed by atoms with Crippen LogP contribution in [0.3, 0.4) is 0 Å². The minimum atomic E-state index is -3.43. The fraction of sp³-hybridized carbons (Fsp3) is 0.389. The van der Waals surface area contributed by atoms with Gasteiger partial charge in [-0.25, -0.2) is 17.9 Å². The molecule has 0 radical (unpaired) electrons. The summed E-state index contributed by atoms with van der Waals surface area (Å²) in [6.07, 6.45) is 1.55. The van der Waals surface area contributed by atoms with Crippen molar-refractivity contribution >= 4 is 21.8 Å². The maximum absolute atomic E-state index is 13.1. The van der Waals surface area contributed by atoms with Crippen molar-refractivity contribution in [1.29, 1.82) is 0 Å². The van der Waals surface area contributed by atoms with Gasteiger partial charge in [-0.3, -0.25) is 4.79 Å². The monoisotopic (exact) mass is 410 g/mol. The molecule has 0 fully saturated rings. The molecule has 0 aliphatic carbocycles. The van der Waals surface area contributed by atoms with E-state index < -0.39 is 22.8 Å². The third kappa shape index (κ3) is 4.16. The molecule has 28 heavy (non-hydrogen) atoms. The van der Waals surface area contributed by atoms with E-state index in [9.17, 15) is 18.0 Å². The van der Waals surface area contributed by atoms with Gasteiger partial charge < -0.3 is 14.2 Å². The number of hydrogen-bond donors (Lipinski definition) is 0. The van der Waals surface area contributed by atoms with E-state index in [1.54, 1.807) is 33.9 Å². The number of aryl methyl sites for hydroxylation is 2. The predicted octanol–water partition coefficient (Wildman–Crippen LogP) is 2.10. The maximum Gasteiger partial charge on any atom is 0.510 e. The number of nitrogens with zero attached hydrogens (tertiary/aromatic N) is 2. The molecule has 0 amide bonds. The Hall–Kier alpha value is -2.88. The molecule has 0 atom stereocenters. The zero-order chi connectivity index (χ0) is 21.2. The Morgan fingerprint density at radius 2 is 1.79 bits per heavy atom. The van der Waals surface area contributed by atoms with Crippen LogP contribution in [0.1, 0.15) is 32.6 Å². The van der Waals surface area contributed by atoms with Gasteiger partial charge in [0.1, 0.15) is 5.56 Å². The third-order valence-electron chi connectivity index (χ3n) is 4.31. The standard InChI is InChI=1S/C18H22N2O7S/c1-10-7-13(11(2)12(3)16(10)28(6,23)24)15(21)14-8-19-20(4)17(14)26-9-27-18(22)25-5/h7-8H,9H2,1-6H3. The number of ketones is 1. The first-order valence-electron chi connectivity index (χ1n) is 8.20. The number of methoxy groups -OCH3 is 1. The van der Waals surface area contributed by atoms with Gasteiger partial charge in [0.2, 0.25) is 12.7 Å². The van der Waals surface area contributed by atoms with Crippen molar-refractivity contribution in [3.05, 3.63) is 40.1 Å². The predicted molar refractivity (Wildman–Crippen MR) is 99.4 cm³/mol. The summed E-state index contributed by atoms with van der Waals surface area (Å²) < 4.78 is 39.8. The van der Waals surface area contributed by atoms with Crippen LogP contribution in [-0.2, 0) is 26.4 Å². The van der Waals surface area contributed by atoms with E-state index in [0.717, 1.165) is 13.4 Å². The molecule has 0 unspecified atom stereocenters. The number of hydrogen-bond acceptors (Lipinski definition) is 8. The Labute approximate surface area is 163 Å². The van der Waals surface area contributed by atoms with E-state index in [4.69, 9.17) is 4.74 Å². The van der Waals surface area contributed by atoms with Crippen molar-refractivity contribution in [2.75, 3.05) is 20.2 Å². The fourth-order valence-electron chi connectivity index (χ4n) is 2.96. The number of sulfone groups is 1. The smallest absolute Gasteiger partial charge is 0.440 e. The van der Waals surface area contributed by atoms with E-state index in [1.807, 2.05) is 0 Å². The van der Waals surface area contributed by atoms with Crippen LogP contribution in [0.5, 0.6) is 5.88 Å². The minimum absolute atomic E-state index is 0.107. The van der Waals surface area contributed by atoms with E-state index in [0.29, 0.717) is 22.3 Å². The molecule has 0 saturated carbocycles. The number of benzene rings is 1. The molecule has 2 rings (SSSR count). The van der Waals surface area contributed by atoms with Crippen LogP contribution >= 0.6 is 0 Å². The summed E-state index contributed by atoms with van der Waals surface area (Å²) >= 11 is 0. The normalized spacial score (nSPS) is 11.2. The zero-order valence-corrected chi connectivity index (χ0v) is 17.3. The SMILES string of the molecule is COC(=O)OCOc1c(C(=O)c2cc(C)c(S(C)(=O)=O)c(C)c2C)cnn1C. The fourth-order valence-corrected chi connectivity index (χ4v) is 4.31. The summed E-state index contributed by atoms with van der Waals surface area (Å²) in [4.78, 5) is 24.4. The summed E-state index contributed by atoms with van der Waals surface area (Å²) in [6.45, 7) is 4.54. The number of carbonyl (C=O) groups is 2. The molecular weight excluding hydrogens is 388 g/mol. The number of carbonyl (C=O) groups excluding carboxylic acids is 2. The second kappa shape index (κ2) is 8.01. The summed E-state index contributed by atoms with van der Waals surface area (Å²) in [6, 6.07) is 1.54. The third-order valence-corrected chi connectivity index (χ3v) is 5.68. The summed E-state index contributed by atoms with van der Waals surface area (Å²) in [7, 11) is -0.702.